The van der Waals surface area contributed by atoms with Crippen molar-refractivity contribution in [2.24, 2.45) is 22.7 Å². The Morgan fingerprint density at radius 3 is 2.86 bits per heavy atom. The molecule has 0 bridgehead atoms. The predicted molar refractivity (Wildman–Crippen MR) is 109 cm³/mol. The van der Waals surface area contributed by atoms with Crippen LogP contribution in [0.1, 0.15) is 52.4 Å². The summed E-state index contributed by atoms with van der Waals surface area (Å²) in [7, 11) is 0. The third kappa shape index (κ3) is 4.34. The Morgan fingerprint density at radius 1 is 1.41 bits per heavy atom. The van der Waals surface area contributed by atoms with E-state index in [4.69, 9.17) is 13.5 Å². The summed E-state index contributed by atoms with van der Waals surface area (Å²) in [5.74, 6) is 0.152. The number of ether oxygens (including phenoxy) is 1. The molecule has 1 aliphatic heterocycles. The summed E-state index contributed by atoms with van der Waals surface area (Å²) in [6.07, 6.45) is 8.06. The van der Waals surface area contributed by atoms with E-state index in [-0.39, 0.29) is 35.9 Å². The van der Waals surface area contributed by atoms with Crippen LogP contribution in [0.5, 0.6) is 0 Å². The van der Waals surface area contributed by atoms with E-state index >= 15 is 0 Å². The normalized spacial score (nSPS) is 39.7. The van der Waals surface area contributed by atoms with Gasteiger partial charge in [-0.05, 0) is 54.8 Å². The van der Waals surface area contributed by atoms with Gasteiger partial charge in [0.1, 0.15) is 6.61 Å². The highest BCUT2D eigenvalue weighted by atomic mass is 32.2. The molecule has 0 radical (unpaired) electrons. The minimum Gasteiger partial charge on any atom is -0.460 e. The first kappa shape index (κ1) is 22.2. The fraction of sp³-hybridized carbons (Fsp3) is 0.714. The Kier molecular flexibility index (Phi) is 6.65. The number of rotatable bonds is 7. The van der Waals surface area contributed by atoms with Crippen LogP contribution in [0.15, 0.2) is 23.8 Å². The van der Waals surface area contributed by atoms with Gasteiger partial charge in [-0.25, -0.2) is 4.79 Å². The summed E-state index contributed by atoms with van der Waals surface area (Å²) in [5.41, 5.74) is 1.48. The fourth-order valence-corrected chi connectivity index (χ4v) is 6.41. The zero-order valence-corrected chi connectivity index (χ0v) is 18.0. The number of allylic oxidation sites excluding steroid dienone is 2. The smallest absolute Gasteiger partial charge is 0.336 e. The first-order chi connectivity index (χ1) is 13.7. The van der Waals surface area contributed by atoms with Crippen LogP contribution in [0.3, 0.4) is 0 Å². The number of carbonyl (C=O) groups is 2. The van der Waals surface area contributed by atoms with Gasteiger partial charge in [0.25, 0.3) is 0 Å². The highest BCUT2D eigenvalue weighted by Gasteiger charge is 2.54. The predicted octanol–water partition coefficient (Wildman–Crippen LogP) is 2.91. The molecule has 0 aromatic heterocycles. The van der Waals surface area contributed by atoms with Gasteiger partial charge in [0.05, 0.1) is 18.2 Å². The first-order valence-electron chi connectivity index (χ1n) is 10.2. The van der Waals surface area contributed by atoms with Crippen molar-refractivity contribution in [2.45, 2.75) is 58.4 Å². The van der Waals surface area contributed by atoms with Crippen molar-refractivity contribution >= 4 is 23.7 Å². The first-order valence-corrected chi connectivity index (χ1v) is 11.2. The standard InChI is InChI=1S/C21H31NO6S/c1-14-5-8-18-20(2,12-28-29(25)26)9-4-10-21(18,3)16(14)7-6-15-17(22-13-23)11-27-19(15)24/h6,13,16-18H,1,4-5,7-12H2,2-3H3,(H,22,23)(H,25,26)/b15-6+/t16-,17?,18-,20+,21+/m1/s1. The fourth-order valence-electron chi connectivity index (χ4n) is 6.04. The van der Waals surface area contributed by atoms with Gasteiger partial charge in [-0.2, -0.15) is 4.21 Å². The maximum atomic E-state index is 12.1. The SMILES string of the molecule is C=C1CC[C@@H]2[C@](C)(COS(=O)O)CCC[C@@]2(C)[C@@H]1C/C=C1/C(=O)OCC1NC=O. The van der Waals surface area contributed by atoms with Crippen LogP contribution in [0.2, 0.25) is 0 Å². The van der Waals surface area contributed by atoms with Crippen molar-refractivity contribution in [3.8, 4) is 0 Å². The van der Waals surface area contributed by atoms with Gasteiger partial charge in [0, 0.05) is 0 Å². The van der Waals surface area contributed by atoms with E-state index in [9.17, 15) is 13.8 Å². The van der Waals surface area contributed by atoms with Gasteiger partial charge in [0.2, 0.25) is 6.41 Å². The molecule has 3 fully saturated rings. The average molecular weight is 426 g/mol. The molecule has 6 atom stereocenters. The Labute approximate surface area is 174 Å². The summed E-state index contributed by atoms with van der Waals surface area (Å²) < 4.78 is 30.4. The summed E-state index contributed by atoms with van der Waals surface area (Å²) in [5, 5.41) is 2.64. The van der Waals surface area contributed by atoms with Crippen LogP contribution >= 0.6 is 0 Å². The van der Waals surface area contributed by atoms with Gasteiger partial charge < -0.3 is 10.1 Å². The maximum absolute atomic E-state index is 12.1. The van der Waals surface area contributed by atoms with Gasteiger partial charge in [-0.1, -0.05) is 38.5 Å². The molecule has 2 aliphatic carbocycles. The molecule has 1 amide bonds. The van der Waals surface area contributed by atoms with Crippen molar-refractivity contribution in [3.63, 3.8) is 0 Å². The Bertz CT molecular complexity index is 737. The number of esters is 1. The van der Waals surface area contributed by atoms with E-state index in [2.05, 4.69) is 25.7 Å². The van der Waals surface area contributed by atoms with Crippen molar-refractivity contribution in [1.29, 1.82) is 0 Å². The molecule has 7 nitrogen and oxygen atoms in total. The molecule has 2 unspecified atom stereocenters. The second-order valence-electron chi connectivity index (χ2n) is 9.13. The van der Waals surface area contributed by atoms with Crippen LogP contribution in [0.25, 0.3) is 0 Å². The van der Waals surface area contributed by atoms with E-state index in [0.29, 0.717) is 24.3 Å². The number of nitrogens with one attached hydrogen (secondary N) is 1. The molecule has 29 heavy (non-hydrogen) atoms. The largest absolute Gasteiger partial charge is 0.460 e. The van der Waals surface area contributed by atoms with E-state index < -0.39 is 17.4 Å². The van der Waals surface area contributed by atoms with Gasteiger partial charge in [-0.3, -0.25) is 13.5 Å². The summed E-state index contributed by atoms with van der Waals surface area (Å²) in [6.45, 7) is 9.20. The highest BCUT2D eigenvalue weighted by molar-refractivity contribution is 7.74. The van der Waals surface area contributed by atoms with Crippen molar-refractivity contribution < 1.29 is 27.3 Å². The summed E-state index contributed by atoms with van der Waals surface area (Å²) in [6, 6.07) is -0.398. The van der Waals surface area contributed by atoms with Crippen molar-refractivity contribution in [1.82, 2.24) is 5.32 Å². The quantitative estimate of drug-likeness (QED) is 0.214. The Hall–Kier alpha value is -1.51. The monoisotopic (exact) mass is 425 g/mol. The van der Waals surface area contributed by atoms with E-state index in [1.165, 1.54) is 5.57 Å². The molecule has 8 heteroatoms. The highest BCUT2D eigenvalue weighted by Crippen LogP contribution is 2.61. The molecule has 3 rings (SSSR count). The second-order valence-corrected chi connectivity index (χ2v) is 9.80. The van der Waals surface area contributed by atoms with Gasteiger partial charge in [-0.15, -0.1) is 0 Å². The molecule has 1 heterocycles. The molecular weight excluding hydrogens is 394 g/mol. The lowest BCUT2D eigenvalue weighted by Gasteiger charge is -2.58. The number of amides is 1. The van der Waals surface area contributed by atoms with Crippen LogP contribution in [-0.2, 0) is 29.9 Å². The number of carbonyl (C=O) groups excluding carboxylic acids is 2. The lowest BCUT2D eigenvalue weighted by Crippen LogP contribution is -2.52. The minimum absolute atomic E-state index is 0.0319. The molecule has 0 aromatic carbocycles. The zero-order chi connectivity index (χ0) is 21.2. The van der Waals surface area contributed by atoms with Crippen LogP contribution < -0.4 is 5.32 Å². The Morgan fingerprint density at radius 2 is 2.17 bits per heavy atom. The van der Waals surface area contributed by atoms with E-state index in [1.54, 1.807) is 0 Å². The van der Waals surface area contributed by atoms with E-state index in [0.717, 1.165) is 32.1 Å². The zero-order valence-electron chi connectivity index (χ0n) is 17.1. The second kappa shape index (κ2) is 8.70. The number of hydrogen-bond acceptors (Lipinski definition) is 5. The maximum Gasteiger partial charge on any atom is 0.336 e. The molecular formula is C21H31NO6S. The molecule has 1 saturated heterocycles. The molecule has 0 aromatic rings. The van der Waals surface area contributed by atoms with E-state index in [1.807, 2.05) is 6.08 Å². The van der Waals surface area contributed by atoms with Crippen LogP contribution in [-0.4, -0.2) is 40.4 Å². The third-order valence-corrected chi connectivity index (χ3v) is 7.79. The lowest BCUT2D eigenvalue weighted by molar-refractivity contribution is -0.135. The van der Waals surface area contributed by atoms with Gasteiger partial charge in [0.15, 0.2) is 0 Å². The summed E-state index contributed by atoms with van der Waals surface area (Å²) in [4.78, 5) is 22.9. The Balaban J connectivity index is 1.84. The molecule has 2 saturated carbocycles. The molecule has 162 valence electrons. The molecule has 0 spiro atoms. The van der Waals surface area contributed by atoms with Crippen molar-refractivity contribution in [3.05, 3.63) is 23.8 Å². The number of fused-ring (bicyclic) bond motifs is 1. The molecule has 3 aliphatic rings. The van der Waals surface area contributed by atoms with Crippen LogP contribution in [0, 0.1) is 22.7 Å². The number of hydrogen-bond donors (Lipinski definition) is 2. The third-order valence-electron chi connectivity index (χ3n) is 7.47. The topological polar surface area (TPSA) is 102 Å². The summed E-state index contributed by atoms with van der Waals surface area (Å²) >= 11 is -2.26. The average Bonchev–Trinajstić information content (AvgIpc) is 2.99. The van der Waals surface area contributed by atoms with Gasteiger partial charge >= 0.3 is 17.3 Å². The van der Waals surface area contributed by atoms with Crippen molar-refractivity contribution in [2.75, 3.05) is 13.2 Å². The molecule has 2 N–H and O–H groups in total. The minimum atomic E-state index is -2.26. The van der Waals surface area contributed by atoms with Crippen LogP contribution in [0.4, 0.5) is 0 Å². The number of cyclic esters (lactones) is 1. The lowest BCUT2D eigenvalue weighted by atomic mass is 9.47.